The van der Waals surface area contributed by atoms with Crippen molar-refractivity contribution in [2.45, 2.75) is 26.7 Å². The van der Waals surface area contributed by atoms with Crippen molar-refractivity contribution in [2.75, 3.05) is 6.61 Å². The van der Waals surface area contributed by atoms with Crippen molar-refractivity contribution < 1.29 is 28.6 Å². The topological polar surface area (TPSA) is 103 Å². The molecule has 1 aromatic carbocycles. The van der Waals surface area contributed by atoms with E-state index in [2.05, 4.69) is 10.1 Å². The summed E-state index contributed by atoms with van der Waals surface area (Å²) in [6.45, 7) is 5.67. The van der Waals surface area contributed by atoms with Crippen LogP contribution >= 0.6 is 0 Å². The molecule has 0 atom stereocenters. The second-order valence-corrected chi connectivity index (χ2v) is 6.21. The van der Waals surface area contributed by atoms with Gasteiger partial charge in [0.2, 0.25) is 5.88 Å². The van der Waals surface area contributed by atoms with Crippen molar-refractivity contribution in [1.82, 2.24) is 14.6 Å². The Labute approximate surface area is 159 Å². The van der Waals surface area contributed by atoms with E-state index >= 15 is 0 Å². The SMILES string of the molecule is CCOC(=O)c1cn2ncnc(Oc3cccc(C(=O)O)c3F)c2c1C(C)C. The summed E-state index contributed by atoms with van der Waals surface area (Å²) in [5.41, 5.74) is 0.751. The number of aromatic carboxylic acids is 1. The van der Waals surface area contributed by atoms with Crippen LogP contribution in [0.4, 0.5) is 4.39 Å². The lowest BCUT2D eigenvalue weighted by molar-refractivity contribution is 0.0524. The molecule has 0 fully saturated rings. The van der Waals surface area contributed by atoms with Crippen LogP contribution in [-0.2, 0) is 4.74 Å². The number of hydrogen-bond acceptors (Lipinski definition) is 6. The molecule has 0 aliphatic carbocycles. The first kappa shape index (κ1) is 19.3. The van der Waals surface area contributed by atoms with Gasteiger partial charge in [0, 0.05) is 11.8 Å². The molecule has 0 saturated heterocycles. The second-order valence-electron chi connectivity index (χ2n) is 6.21. The van der Waals surface area contributed by atoms with Crippen LogP contribution in [0.3, 0.4) is 0 Å². The first-order valence-corrected chi connectivity index (χ1v) is 8.58. The van der Waals surface area contributed by atoms with Gasteiger partial charge in [0.05, 0.1) is 17.7 Å². The average molecular weight is 387 g/mol. The molecule has 28 heavy (non-hydrogen) atoms. The fourth-order valence-corrected chi connectivity index (χ4v) is 2.90. The van der Waals surface area contributed by atoms with Gasteiger partial charge in [0.25, 0.3) is 0 Å². The maximum atomic E-state index is 14.5. The van der Waals surface area contributed by atoms with E-state index < -0.39 is 23.3 Å². The van der Waals surface area contributed by atoms with Gasteiger partial charge in [0.1, 0.15) is 11.8 Å². The predicted molar refractivity (Wildman–Crippen MR) is 96.5 cm³/mol. The van der Waals surface area contributed by atoms with Crippen LogP contribution in [0, 0.1) is 5.82 Å². The first-order valence-electron chi connectivity index (χ1n) is 8.58. The van der Waals surface area contributed by atoms with Crippen LogP contribution in [0.5, 0.6) is 11.6 Å². The highest BCUT2D eigenvalue weighted by atomic mass is 19.1. The Morgan fingerprint density at radius 1 is 1.29 bits per heavy atom. The summed E-state index contributed by atoms with van der Waals surface area (Å²) in [4.78, 5) is 27.5. The Bertz CT molecular complexity index is 1060. The number of carbonyl (C=O) groups is 2. The van der Waals surface area contributed by atoms with Gasteiger partial charge in [-0.2, -0.15) is 10.1 Å². The molecule has 0 radical (unpaired) electrons. The zero-order valence-corrected chi connectivity index (χ0v) is 15.5. The van der Waals surface area contributed by atoms with Crippen molar-refractivity contribution in [3.8, 4) is 11.6 Å². The highest BCUT2D eigenvalue weighted by Gasteiger charge is 2.25. The molecular weight excluding hydrogens is 369 g/mol. The smallest absolute Gasteiger partial charge is 0.340 e. The van der Waals surface area contributed by atoms with E-state index in [9.17, 15) is 14.0 Å². The van der Waals surface area contributed by atoms with Gasteiger partial charge < -0.3 is 14.6 Å². The number of ether oxygens (including phenoxy) is 2. The van der Waals surface area contributed by atoms with Gasteiger partial charge in [-0.1, -0.05) is 19.9 Å². The number of benzene rings is 1. The monoisotopic (exact) mass is 387 g/mol. The summed E-state index contributed by atoms with van der Waals surface area (Å²) >= 11 is 0. The zero-order valence-electron chi connectivity index (χ0n) is 15.5. The maximum Gasteiger partial charge on any atom is 0.340 e. The first-order chi connectivity index (χ1) is 13.3. The average Bonchev–Trinajstić information content (AvgIpc) is 3.04. The van der Waals surface area contributed by atoms with E-state index in [1.165, 1.54) is 29.2 Å². The fourth-order valence-electron chi connectivity index (χ4n) is 2.90. The number of carbonyl (C=O) groups excluding carboxylic acids is 1. The lowest BCUT2D eigenvalue weighted by Gasteiger charge is -2.11. The molecule has 3 aromatic rings. The van der Waals surface area contributed by atoms with Gasteiger partial charge in [-0.05, 0) is 25.0 Å². The predicted octanol–water partition coefficient (Wildman–Crippen LogP) is 3.66. The van der Waals surface area contributed by atoms with Crippen LogP contribution in [0.1, 0.15) is 53.0 Å². The molecule has 2 aromatic heterocycles. The highest BCUT2D eigenvalue weighted by Crippen LogP contribution is 2.34. The maximum absolute atomic E-state index is 14.5. The Balaban J connectivity index is 2.17. The van der Waals surface area contributed by atoms with Crippen LogP contribution in [0.2, 0.25) is 0 Å². The molecule has 0 bridgehead atoms. The largest absolute Gasteiger partial charge is 0.478 e. The summed E-state index contributed by atoms with van der Waals surface area (Å²) in [6, 6.07) is 3.80. The third-order valence-corrected chi connectivity index (χ3v) is 4.05. The number of rotatable bonds is 6. The summed E-state index contributed by atoms with van der Waals surface area (Å²) in [6.07, 6.45) is 2.70. The Morgan fingerprint density at radius 2 is 2.04 bits per heavy atom. The minimum Gasteiger partial charge on any atom is -0.478 e. The lowest BCUT2D eigenvalue weighted by atomic mass is 10.0. The molecule has 0 aliphatic rings. The van der Waals surface area contributed by atoms with Gasteiger partial charge >= 0.3 is 11.9 Å². The Hall–Kier alpha value is -3.49. The Morgan fingerprint density at radius 3 is 2.68 bits per heavy atom. The van der Waals surface area contributed by atoms with Crippen molar-refractivity contribution in [2.24, 2.45) is 0 Å². The van der Waals surface area contributed by atoms with Crippen molar-refractivity contribution in [3.63, 3.8) is 0 Å². The standard InChI is InChI=1S/C19H18FN3O5/c1-4-27-19(26)12-8-23-16(14(12)10(2)3)17(21-9-22-23)28-13-7-5-6-11(15(13)20)18(24)25/h5-10H,4H2,1-3H3,(H,24,25). The number of halogens is 1. The molecule has 2 heterocycles. The van der Waals surface area contributed by atoms with E-state index in [-0.39, 0.29) is 24.2 Å². The minimum atomic E-state index is -1.41. The van der Waals surface area contributed by atoms with Crippen LogP contribution in [0.25, 0.3) is 5.52 Å². The molecular formula is C19H18FN3O5. The van der Waals surface area contributed by atoms with Crippen LogP contribution < -0.4 is 4.74 Å². The number of aromatic nitrogens is 3. The number of esters is 1. The summed E-state index contributed by atoms with van der Waals surface area (Å²) in [7, 11) is 0. The molecule has 0 saturated carbocycles. The van der Waals surface area contributed by atoms with E-state index in [1.807, 2.05) is 13.8 Å². The molecule has 146 valence electrons. The van der Waals surface area contributed by atoms with E-state index in [0.717, 1.165) is 6.07 Å². The number of carboxylic acid groups (broad SMARTS) is 1. The van der Waals surface area contributed by atoms with E-state index in [4.69, 9.17) is 14.6 Å². The third-order valence-electron chi connectivity index (χ3n) is 4.05. The highest BCUT2D eigenvalue weighted by molar-refractivity contribution is 5.95. The van der Waals surface area contributed by atoms with E-state index in [1.54, 1.807) is 6.92 Å². The van der Waals surface area contributed by atoms with Crippen molar-refractivity contribution in [1.29, 1.82) is 0 Å². The second kappa shape index (κ2) is 7.63. The summed E-state index contributed by atoms with van der Waals surface area (Å²) in [5.74, 6) is -3.36. The summed E-state index contributed by atoms with van der Waals surface area (Å²) < 4.78 is 26.6. The van der Waals surface area contributed by atoms with Gasteiger partial charge in [-0.15, -0.1) is 0 Å². The van der Waals surface area contributed by atoms with E-state index in [0.29, 0.717) is 16.6 Å². The van der Waals surface area contributed by atoms with Gasteiger partial charge in [-0.3, -0.25) is 0 Å². The quantitative estimate of drug-likeness (QED) is 0.644. The fraction of sp³-hybridized carbons (Fsp3) is 0.263. The zero-order chi connectivity index (χ0) is 20.4. The minimum absolute atomic E-state index is 0.00399. The molecule has 8 nitrogen and oxygen atoms in total. The molecule has 0 amide bonds. The molecule has 3 rings (SSSR count). The van der Waals surface area contributed by atoms with Crippen LogP contribution in [-0.4, -0.2) is 38.3 Å². The number of nitrogens with zero attached hydrogens (tertiary/aromatic N) is 3. The molecule has 0 aliphatic heterocycles. The van der Waals surface area contributed by atoms with Gasteiger partial charge in [0.15, 0.2) is 11.6 Å². The normalized spacial score (nSPS) is 11.0. The molecule has 0 spiro atoms. The summed E-state index contributed by atoms with van der Waals surface area (Å²) in [5, 5.41) is 13.2. The molecule has 9 heteroatoms. The number of carboxylic acids is 1. The molecule has 0 unspecified atom stereocenters. The number of fused-ring (bicyclic) bond motifs is 1. The molecule has 1 N–H and O–H groups in total. The van der Waals surface area contributed by atoms with Gasteiger partial charge in [-0.25, -0.2) is 18.5 Å². The third kappa shape index (κ3) is 3.38. The number of hydrogen-bond donors (Lipinski definition) is 1. The Kier molecular flexibility index (Phi) is 5.25. The van der Waals surface area contributed by atoms with Crippen LogP contribution in [0.15, 0.2) is 30.7 Å². The van der Waals surface area contributed by atoms with Crippen molar-refractivity contribution in [3.05, 3.63) is 53.2 Å². The lowest BCUT2D eigenvalue weighted by Crippen LogP contribution is -2.07. The van der Waals surface area contributed by atoms with Crippen molar-refractivity contribution >= 4 is 17.5 Å².